The van der Waals surface area contributed by atoms with Crippen molar-refractivity contribution in [3.63, 3.8) is 0 Å². The molecule has 5 heteroatoms. The fourth-order valence-corrected chi connectivity index (χ4v) is 2.32. The largest absolute Gasteiger partial charge is 0.497 e. The van der Waals surface area contributed by atoms with Gasteiger partial charge < -0.3 is 4.74 Å². The maximum Gasteiger partial charge on any atom is 0.201 e. The Kier molecular flexibility index (Phi) is 5.72. The summed E-state index contributed by atoms with van der Waals surface area (Å²) in [6.07, 6.45) is 0. The van der Waals surface area contributed by atoms with Crippen LogP contribution in [0.3, 0.4) is 0 Å². The van der Waals surface area contributed by atoms with E-state index in [9.17, 15) is 0 Å². The molecule has 1 N–H and O–H groups in total. The highest BCUT2D eigenvalue weighted by atomic mass is 16.5. The van der Waals surface area contributed by atoms with Crippen LogP contribution in [0.25, 0.3) is 0 Å². The Hall–Kier alpha value is -3.47. The molecule has 130 valence electrons. The van der Waals surface area contributed by atoms with E-state index >= 15 is 0 Å². The zero-order valence-electron chi connectivity index (χ0n) is 14.8. The smallest absolute Gasteiger partial charge is 0.201 e. The van der Waals surface area contributed by atoms with Gasteiger partial charge in [0.2, 0.25) is 5.84 Å². The van der Waals surface area contributed by atoms with E-state index in [0.29, 0.717) is 5.84 Å². The molecule has 0 fully saturated rings. The highest BCUT2D eigenvalue weighted by Gasteiger charge is 2.04. The van der Waals surface area contributed by atoms with Crippen LogP contribution in [-0.4, -0.2) is 12.9 Å². The van der Waals surface area contributed by atoms with E-state index in [1.165, 1.54) is 0 Å². The molecule has 0 aliphatic rings. The summed E-state index contributed by atoms with van der Waals surface area (Å²) in [6.45, 7) is 2.04. The van der Waals surface area contributed by atoms with Crippen LogP contribution in [0.2, 0.25) is 0 Å². The van der Waals surface area contributed by atoms with Gasteiger partial charge in [-0.2, -0.15) is 5.10 Å². The molecule has 0 saturated carbocycles. The number of benzene rings is 3. The molecule has 0 heterocycles. The van der Waals surface area contributed by atoms with Gasteiger partial charge in [0.1, 0.15) is 5.75 Å². The van der Waals surface area contributed by atoms with Gasteiger partial charge in [-0.15, -0.1) is 10.2 Å². The first kappa shape index (κ1) is 17.4. The highest BCUT2D eigenvalue weighted by Crippen LogP contribution is 2.16. The Labute approximate surface area is 153 Å². The Bertz CT molecular complexity index is 903. The van der Waals surface area contributed by atoms with Crippen LogP contribution in [0.4, 0.5) is 11.4 Å². The van der Waals surface area contributed by atoms with E-state index in [0.717, 1.165) is 28.3 Å². The van der Waals surface area contributed by atoms with Crippen LogP contribution in [0.15, 0.2) is 94.2 Å². The molecule has 0 aliphatic carbocycles. The maximum absolute atomic E-state index is 5.21. The van der Waals surface area contributed by atoms with Crippen molar-refractivity contribution < 1.29 is 4.74 Å². The second-order valence-corrected chi connectivity index (χ2v) is 5.68. The summed E-state index contributed by atoms with van der Waals surface area (Å²) in [4.78, 5) is 0. The Morgan fingerprint density at radius 2 is 1.65 bits per heavy atom. The molecule has 3 aromatic carbocycles. The van der Waals surface area contributed by atoms with Crippen LogP contribution in [0.5, 0.6) is 5.75 Å². The summed E-state index contributed by atoms with van der Waals surface area (Å²) in [7, 11) is 1.64. The van der Waals surface area contributed by atoms with Gasteiger partial charge in [0.25, 0.3) is 0 Å². The molecule has 0 atom stereocenters. The van der Waals surface area contributed by atoms with Crippen LogP contribution < -0.4 is 10.2 Å². The standard InChI is InChI=1S/C21H20N4O/c1-16-7-6-10-19(15-16)23-25-21(17-11-13-20(26-2)14-12-17)24-22-18-8-4-3-5-9-18/h3-15,23H,1-2H3/b24-22?,25-21+. The van der Waals surface area contributed by atoms with Crippen molar-refractivity contribution in [1.82, 2.24) is 0 Å². The van der Waals surface area contributed by atoms with Gasteiger partial charge >= 0.3 is 0 Å². The molecule has 0 amide bonds. The summed E-state index contributed by atoms with van der Waals surface area (Å²) < 4.78 is 5.21. The number of nitrogens with one attached hydrogen (secondary N) is 1. The SMILES string of the molecule is COc1ccc(/C(N=Nc2ccccc2)=N\Nc2cccc(C)c2)cc1. The zero-order chi connectivity index (χ0) is 18.2. The molecule has 0 spiro atoms. The van der Waals surface area contributed by atoms with Gasteiger partial charge in [-0.3, -0.25) is 5.43 Å². The predicted molar refractivity (Wildman–Crippen MR) is 105 cm³/mol. The van der Waals surface area contributed by atoms with Gasteiger partial charge in [-0.25, -0.2) is 0 Å². The predicted octanol–water partition coefficient (Wildman–Crippen LogP) is 5.56. The Balaban J connectivity index is 1.89. The average Bonchev–Trinajstić information content (AvgIpc) is 2.69. The summed E-state index contributed by atoms with van der Waals surface area (Å²) in [5.74, 6) is 1.26. The van der Waals surface area contributed by atoms with Crippen molar-refractivity contribution in [3.05, 3.63) is 90.0 Å². The van der Waals surface area contributed by atoms with Gasteiger partial charge in [0.15, 0.2) is 0 Å². The van der Waals surface area contributed by atoms with E-state index in [4.69, 9.17) is 4.74 Å². The van der Waals surface area contributed by atoms with Crippen LogP contribution in [0.1, 0.15) is 11.1 Å². The molecular formula is C21H20N4O. The van der Waals surface area contributed by atoms with Crippen molar-refractivity contribution >= 4 is 17.2 Å². The van der Waals surface area contributed by atoms with Crippen molar-refractivity contribution in [2.75, 3.05) is 12.5 Å². The quantitative estimate of drug-likeness (QED) is 0.285. The van der Waals surface area contributed by atoms with E-state index in [1.807, 2.05) is 85.8 Å². The number of anilines is 1. The van der Waals surface area contributed by atoms with Crippen molar-refractivity contribution in [2.45, 2.75) is 6.92 Å². The lowest BCUT2D eigenvalue weighted by molar-refractivity contribution is 0.415. The zero-order valence-corrected chi connectivity index (χ0v) is 14.8. The minimum atomic E-state index is 0.484. The molecule has 5 nitrogen and oxygen atoms in total. The first-order valence-corrected chi connectivity index (χ1v) is 8.26. The number of rotatable bonds is 5. The summed E-state index contributed by atoms with van der Waals surface area (Å²) in [5, 5.41) is 13.0. The minimum absolute atomic E-state index is 0.484. The van der Waals surface area contributed by atoms with Crippen LogP contribution in [0, 0.1) is 6.92 Å². The first-order valence-electron chi connectivity index (χ1n) is 8.26. The van der Waals surface area contributed by atoms with E-state index in [-0.39, 0.29) is 0 Å². The highest BCUT2D eigenvalue weighted by molar-refractivity contribution is 5.99. The Morgan fingerprint density at radius 3 is 2.35 bits per heavy atom. The number of azo groups is 1. The third-order valence-corrected chi connectivity index (χ3v) is 3.67. The van der Waals surface area contributed by atoms with Crippen molar-refractivity contribution in [2.24, 2.45) is 15.3 Å². The Morgan fingerprint density at radius 1 is 0.885 bits per heavy atom. The molecule has 0 radical (unpaired) electrons. The van der Waals surface area contributed by atoms with Gasteiger partial charge in [0.05, 0.1) is 18.5 Å². The number of hydrazone groups is 1. The van der Waals surface area contributed by atoms with Crippen LogP contribution in [-0.2, 0) is 0 Å². The lowest BCUT2D eigenvalue weighted by Crippen LogP contribution is -2.01. The third kappa shape index (κ3) is 4.77. The molecule has 3 aromatic rings. The van der Waals surface area contributed by atoms with E-state index < -0.39 is 0 Å². The summed E-state index contributed by atoms with van der Waals surface area (Å²) in [6, 6.07) is 25.1. The molecule has 0 bridgehead atoms. The number of amidine groups is 1. The topological polar surface area (TPSA) is 58.3 Å². The summed E-state index contributed by atoms with van der Waals surface area (Å²) in [5.41, 5.74) is 6.71. The molecule has 0 saturated heterocycles. The maximum atomic E-state index is 5.21. The lowest BCUT2D eigenvalue weighted by Gasteiger charge is -2.05. The average molecular weight is 344 g/mol. The second kappa shape index (κ2) is 8.58. The number of hydrogen-bond donors (Lipinski definition) is 1. The number of methoxy groups -OCH3 is 1. The van der Waals surface area contributed by atoms with Crippen molar-refractivity contribution in [1.29, 1.82) is 0 Å². The van der Waals surface area contributed by atoms with E-state index in [1.54, 1.807) is 7.11 Å². The summed E-state index contributed by atoms with van der Waals surface area (Å²) >= 11 is 0. The van der Waals surface area contributed by atoms with Crippen LogP contribution >= 0.6 is 0 Å². The van der Waals surface area contributed by atoms with Gasteiger partial charge in [0, 0.05) is 5.56 Å². The second-order valence-electron chi connectivity index (χ2n) is 5.68. The molecule has 0 unspecified atom stereocenters. The number of ether oxygens (including phenoxy) is 1. The van der Waals surface area contributed by atoms with Crippen molar-refractivity contribution in [3.8, 4) is 5.75 Å². The third-order valence-electron chi connectivity index (χ3n) is 3.67. The number of aryl methyl sites for hydroxylation is 1. The van der Waals surface area contributed by atoms with E-state index in [2.05, 4.69) is 20.8 Å². The molecule has 0 aromatic heterocycles. The monoisotopic (exact) mass is 344 g/mol. The number of nitrogens with zero attached hydrogens (tertiary/aromatic N) is 3. The van der Waals surface area contributed by atoms with Gasteiger partial charge in [-0.05, 0) is 61.0 Å². The molecule has 26 heavy (non-hydrogen) atoms. The normalized spacial score (nSPS) is 11.5. The van der Waals surface area contributed by atoms with Gasteiger partial charge in [-0.1, -0.05) is 30.3 Å². The fourth-order valence-electron chi connectivity index (χ4n) is 2.32. The number of hydrogen-bond acceptors (Lipinski definition) is 4. The first-order chi connectivity index (χ1) is 12.7. The minimum Gasteiger partial charge on any atom is -0.497 e. The fraction of sp³-hybridized carbons (Fsp3) is 0.0952. The molecule has 0 aliphatic heterocycles. The molecule has 3 rings (SSSR count). The lowest BCUT2D eigenvalue weighted by atomic mass is 10.2. The molecular weight excluding hydrogens is 324 g/mol.